The average molecular weight is 794 g/mol. The molecule has 10 aromatic carbocycles. The Morgan fingerprint density at radius 3 is 1.63 bits per heavy atom. The molecule has 0 saturated heterocycles. The van der Waals surface area contributed by atoms with Gasteiger partial charge in [0.05, 0.1) is 5.69 Å². The van der Waals surface area contributed by atoms with E-state index in [9.17, 15) is 5.11 Å². The van der Waals surface area contributed by atoms with Gasteiger partial charge in [0.25, 0.3) is 0 Å². The quantitative estimate of drug-likeness (QED) is 0.175. The SMILES string of the molecule is OC1(c2ccccc2-c2ccccc2)c2ccccc2-c2cccc(N(c3ccc(-c4cccc5ccccc45)cc3)c3ccc(-c4cccc5c4oc4ccccc45)cc3)c21. The Morgan fingerprint density at radius 2 is 0.855 bits per heavy atom. The van der Waals surface area contributed by atoms with Gasteiger partial charge in [-0.1, -0.05) is 194 Å². The van der Waals surface area contributed by atoms with Gasteiger partial charge in [-0.25, -0.2) is 0 Å². The van der Waals surface area contributed by atoms with E-state index >= 15 is 0 Å². The lowest BCUT2D eigenvalue weighted by Crippen LogP contribution is -2.29. The average Bonchev–Trinajstić information content (AvgIpc) is 3.86. The zero-order chi connectivity index (χ0) is 41.2. The van der Waals surface area contributed by atoms with Gasteiger partial charge in [-0.15, -0.1) is 0 Å². The first kappa shape index (κ1) is 35.9. The van der Waals surface area contributed by atoms with Crippen molar-refractivity contribution in [1.82, 2.24) is 0 Å². The molecule has 1 N–H and O–H groups in total. The molecule has 0 aliphatic heterocycles. The van der Waals surface area contributed by atoms with Crippen LogP contribution in [0.25, 0.3) is 77.2 Å². The van der Waals surface area contributed by atoms with Crippen molar-refractivity contribution in [2.24, 2.45) is 0 Å². The standard InChI is InChI=1S/C59H39NO2/c61-59(53-27-9-6-20-47(53)40-15-2-1-3-16-40)54-28-10-7-21-49(54)51-25-14-29-55(57(51)59)60(43-35-31-41(32-36-43)46-23-12-18-39-17-4-5-19-45(39)46)44-37-33-42(34-38-44)48-24-13-26-52-50-22-8-11-30-56(50)62-58(48)52/h1-38,61H. The van der Waals surface area contributed by atoms with Gasteiger partial charge in [0.1, 0.15) is 16.8 Å². The normalized spacial score (nSPS) is 14.3. The van der Waals surface area contributed by atoms with Crippen LogP contribution in [0.15, 0.2) is 235 Å². The van der Waals surface area contributed by atoms with Gasteiger partial charge in [-0.05, 0) is 86.1 Å². The van der Waals surface area contributed by atoms with Crippen molar-refractivity contribution >= 4 is 49.8 Å². The van der Waals surface area contributed by atoms with Crippen LogP contribution in [0.3, 0.4) is 0 Å². The van der Waals surface area contributed by atoms with Gasteiger partial charge in [0, 0.05) is 44.4 Å². The van der Waals surface area contributed by atoms with Crippen LogP contribution in [0, 0.1) is 0 Å². The van der Waals surface area contributed by atoms with E-state index in [0.717, 1.165) is 94.6 Å². The number of rotatable bonds is 7. The van der Waals surface area contributed by atoms with Crippen LogP contribution in [0.2, 0.25) is 0 Å². The largest absolute Gasteiger partial charge is 0.455 e. The second kappa shape index (κ2) is 14.3. The summed E-state index contributed by atoms with van der Waals surface area (Å²) < 4.78 is 6.48. The number of aliphatic hydroxyl groups is 1. The first-order valence-electron chi connectivity index (χ1n) is 21.1. The van der Waals surface area contributed by atoms with E-state index in [1.54, 1.807) is 0 Å². The molecule has 0 saturated carbocycles. The molecular weight excluding hydrogens is 755 g/mol. The molecule has 0 spiro atoms. The number of nitrogens with zero attached hydrogens (tertiary/aromatic N) is 1. The summed E-state index contributed by atoms with van der Waals surface area (Å²) in [6, 6.07) is 80.7. The number of para-hydroxylation sites is 2. The first-order valence-corrected chi connectivity index (χ1v) is 21.1. The Kier molecular flexibility index (Phi) is 8.31. The molecule has 0 amide bonds. The van der Waals surface area contributed by atoms with E-state index in [1.807, 2.05) is 30.3 Å². The van der Waals surface area contributed by atoms with E-state index < -0.39 is 5.60 Å². The predicted molar refractivity (Wildman–Crippen MR) is 256 cm³/mol. The van der Waals surface area contributed by atoms with E-state index in [-0.39, 0.29) is 0 Å². The molecule has 11 aromatic rings. The number of furan rings is 1. The molecule has 1 aromatic heterocycles. The van der Waals surface area contributed by atoms with Gasteiger partial charge in [-0.3, -0.25) is 0 Å². The summed E-state index contributed by atoms with van der Waals surface area (Å²) in [5, 5.41) is 18.5. The molecular formula is C59H39NO2. The lowest BCUT2D eigenvalue weighted by molar-refractivity contribution is 0.132. The number of anilines is 3. The van der Waals surface area contributed by atoms with Crippen LogP contribution in [-0.2, 0) is 5.60 Å². The number of hydrogen-bond acceptors (Lipinski definition) is 3. The third-order valence-electron chi connectivity index (χ3n) is 12.7. The van der Waals surface area contributed by atoms with Gasteiger partial charge in [-0.2, -0.15) is 0 Å². The van der Waals surface area contributed by atoms with Gasteiger partial charge in [0.2, 0.25) is 0 Å². The lowest BCUT2D eigenvalue weighted by atomic mass is 9.79. The Morgan fingerprint density at radius 1 is 0.355 bits per heavy atom. The van der Waals surface area contributed by atoms with Gasteiger partial charge in [0.15, 0.2) is 0 Å². The highest BCUT2D eigenvalue weighted by molar-refractivity contribution is 6.09. The molecule has 0 radical (unpaired) electrons. The monoisotopic (exact) mass is 793 g/mol. The number of hydrogen-bond donors (Lipinski definition) is 1. The zero-order valence-electron chi connectivity index (χ0n) is 33.7. The molecule has 1 aliphatic rings. The summed E-state index contributed by atoms with van der Waals surface area (Å²) in [6.07, 6.45) is 0. The molecule has 1 heterocycles. The highest BCUT2D eigenvalue weighted by Crippen LogP contribution is 2.57. The maximum Gasteiger partial charge on any atom is 0.144 e. The molecule has 3 nitrogen and oxygen atoms in total. The smallest absolute Gasteiger partial charge is 0.144 e. The van der Waals surface area contributed by atoms with Crippen molar-refractivity contribution in [3.8, 4) is 44.5 Å². The minimum absolute atomic E-state index is 0.838. The Bertz CT molecular complexity index is 3470. The Balaban J connectivity index is 1.07. The van der Waals surface area contributed by atoms with Crippen molar-refractivity contribution < 1.29 is 9.52 Å². The first-order chi connectivity index (χ1) is 30.6. The summed E-state index contributed by atoms with van der Waals surface area (Å²) in [4.78, 5) is 2.30. The molecule has 292 valence electrons. The fraction of sp³-hybridized carbons (Fsp3) is 0.0169. The van der Waals surface area contributed by atoms with Crippen LogP contribution < -0.4 is 4.90 Å². The van der Waals surface area contributed by atoms with Crippen molar-refractivity contribution in [1.29, 1.82) is 0 Å². The van der Waals surface area contributed by atoms with Crippen LogP contribution in [0.4, 0.5) is 17.1 Å². The fourth-order valence-corrected chi connectivity index (χ4v) is 9.91. The van der Waals surface area contributed by atoms with Crippen LogP contribution in [-0.4, -0.2) is 5.11 Å². The zero-order valence-corrected chi connectivity index (χ0v) is 33.7. The van der Waals surface area contributed by atoms with Crippen molar-refractivity contribution in [2.75, 3.05) is 4.90 Å². The second-order valence-electron chi connectivity index (χ2n) is 16.1. The van der Waals surface area contributed by atoms with Crippen molar-refractivity contribution in [2.45, 2.75) is 5.60 Å². The van der Waals surface area contributed by atoms with Crippen LogP contribution >= 0.6 is 0 Å². The predicted octanol–water partition coefficient (Wildman–Crippen LogP) is 15.5. The van der Waals surface area contributed by atoms with E-state index in [0.29, 0.717) is 0 Å². The molecule has 1 unspecified atom stereocenters. The minimum Gasteiger partial charge on any atom is -0.455 e. The Hall–Kier alpha value is -7.98. The van der Waals surface area contributed by atoms with Crippen LogP contribution in [0.5, 0.6) is 0 Å². The number of fused-ring (bicyclic) bond motifs is 7. The van der Waals surface area contributed by atoms with Crippen molar-refractivity contribution in [3.05, 3.63) is 247 Å². The molecule has 1 aliphatic carbocycles. The molecule has 1 atom stereocenters. The summed E-state index contributed by atoms with van der Waals surface area (Å²) in [6.45, 7) is 0. The molecule has 12 rings (SSSR count). The summed E-state index contributed by atoms with van der Waals surface area (Å²) in [5.41, 5.74) is 14.2. The van der Waals surface area contributed by atoms with Gasteiger partial charge < -0.3 is 14.4 Å². The highest BCUT2D eigenvalue weighted by atomic mass is 16.3. The summed E-state index contributed by atoms with van der Waals surface area (Å²) in [5.74, 6) is 0. The topological polar surface area (TPSA) is 36.6 Å². The number of benzene rings is 10. The highest BCUT2D eigenvalue weighted by Gasteiger charge is 2.47. The van der Waals surface area contributed by atoms with E-state index in [2.05, 4.69) is 205 Å². The molecule has 3 heteroatoms. The summed E-state index contributed by atoms with van der Waals surface area (Å²) >= 11 is 0. The maximum absolute atomic E-state index is 13.8. The third-order valence-corrected chi connectivity index (χ3v) is 12.7. The van der Waals surface area contributed by atoms with Crippen LogP contribution in [0.1, 0.15) is 16.7 Å². The van der Waals surface area contributed by atoms with E-state index in [4.69, 9.17) is 4.42 Å². The lowest BCUT2D eigenvalue weighted by Gasteiger charge is -2.34. The van der Waals surface area contributed by atoms with Gasteiger partial charge >= 0.3 is 0 Å². The second-order valence-corrected chi connectivity index (χ2v) is 16.1. The van der Waals surface area contributed by atoms with E-state index in [1.165, 1.54) is 16.3 Å². The third kappa shape index (κ3) is 5.56. The molecule has 0 bridgehead atoms. The molecule has 0 fully saturated rings. The van der Waals surface area contributed by atoms with Crippen molar-refractivity contribution in [3.63, 3.8) is 0 Å². The fourth-order valence-electron chi connectivity index (χ4n) is 9.91. The maximum atomic E-state index is 13.8. The Labute approximate surface area is 360 Å². The minimum atomic E-state index is -1.48. The molecule has 62 heavy (non-hydrogen) atoms. The summed E-state index contributed by atoms with van der Waals surface area (Å²) in [7, 11) is 0.